The molecule has 4 nitrogen and oxygen atoms in total. The molecule has 0 aliphatic carbocycles. The molecule has 1 saturated heterocycles. The number of hydrogen-bond donors (Lipinski definition) is 1. The number of carbonyl (C=O) groups excluding carboxylic acids is 1. The first-order valence-corrected chi connectivity index (χ1v) is 11.7. The smallest absolute Gasteiger partial charge is 0.255 e. The standard InChI is InChI=1S/C29H31N3O/c1-18-8-6-9-22(16-18)23-12-10-19(2)17-24(23)27(33)32-15-7-14-29(32,5)28-30-25-13-11-20(3)21(4)26(25)31-28/h6,8-13,16-17H,7,14-15H2,1-5H3,(H,30,31)/t29-/m0/s1. The minimum absolute atomic E-state index is 0.0727. The second kappa shape index (κ2) is 7.87. The van der Waals surface area contributed by atoms with E-state index in [1.54, 1.807) is 0 Å². The predicted molar refractivity (Wildman–Crippen MR) is 135 cm³/mol. The lowest BCUT2D eigenvalue weighted by Crippen LogP contribution is -2.43. The number of imidazole rings is 1. The second-order valence-corrected chi connectivity index (χ2v) is 9.74. The molecule has 1 amide bonds. The maximum absolute atomic E-state index is 14.1. The Morgan fingerprint density at radius 3 is 2.58 bits per heavy atom. The van der Waals surface area contributed by atoms with Gasteiger partial charge in [-0.05, 0) is 81.8 Å². The van der Waals surface area contributed by atoms with E-state index in [0.717, 1.165) is 58.5 Å². The zero-order valence-electron chi connectivity index (χ0n) is 20.1. The first kappa shape index (κ1) is 21.4. The molecule has 4 aromatic rings. The Kier molecular flexibility index (Phi) is 5.12. The summed E-state index contributed by atoms with van der Waals surface area (Å²) in [6, 6.07) is 18.8. The maximum atomic E-state index is 14.1. The van der Waals surface area contributed by atoms with Crippen molar-refractivity contribution in [1.29, 1.82) is 0 Å². The van der Waals surface area contributed by atoms with Crippen LogP contribution < -0.4 is 0 Å². The number of nitrogens with zero attached hydrogens (tertiary/aromatic N) is 2. The van der Waals surface area contributed by atoms with Gasteiger partial charge in [-0.15, -0.1) is 0 Å². The van der Waals surface area contributed by atoms with E-state index in [2.05, 4.69) is 81.2 Å². The van der Waals surface area contributed by atoms with Gasteiger partial charge >= 0.3 is 0 Å². The highest BCUT2D eigenvalue weighted by Crippen LogP contribution is 2.40. The third-order valence-corrected chi connectivity index (χ3v) is 7.31. The van der Waals surface area contributed by atoms with Crippen LogP contribution in [0.4, 0.5) is 0 Å². The van der Waals surface area contributed by atoms with Gasteiger partial charge in [0.25, 0.3) is 5.91 Å². The SMILES string of the molecule is Cc1cccc(-c2ccc(C)cc2C(=O)N2CCC[C@@]2(C)c2nc3c(C)c(C)ccc3[nH]2)c1. The second-order valence-electron chi connectivity index (χ2n) is 9.74. The molecule has 2 heterocycles. The van der Waals surface area contributed by atoms with Crippen molar-refractivity contribution < 1.29 is 4.79 Å². The lowest BCUT2D eigenvalue weighted by atomic mass is 9.93. The van der Waals surface area contributed by atoms with Crippen molar-refractivity contribution in [1.82, 2.24) is 14.9 Å². The number of aromatic nitrogens is 2. The Morgan fingerprint density at radius 2 is 1.79 bits per heavy atom. The summed E-state index contributed by atoms with van der Waals surface area (Å²) >= 11 is 0. The zero-order chi connectivity index (χ0) is 23.3. The minimum Gasteiger partial charge on any atom is -0.340 e. The van der Waals surface area contributed by atoms with E-state index in [1.165, 1.54) is 16.7 Å². The van der Waals surface area contributed by atoms with Crippen molar-refractivity contribution in [3.05, 3.63) is 88.2 Å². The molecule has 4 heteroatoms. The van der Waals surface area contributed by atoms with E-state index in [0.29, 0.717) is 0 Å². The summed E-state index contributed by atoms with van der Waals surface area (Å²) in [6.07, 6.45) is 1.85. The number of hydrogen-bond acceptors (Lipinski definition) is 2. The van der Waals surface area contributed by atoms with Crippen LogP contribution in [0.25, 0.3) is 22.2 Å². The molecule has 3 aromatic carbocycles. The Hall–Kier alpha value is -3.40. The molecular weight excluding hydrogens is 406 g/mol. The number of benzene rings is 3. The lowest BCUT2D eigenvalue weighted by molar-refractivity contribution is 0.0606. The van der Waals surface area contributed by atoms with Crippen molar-refractivity contribution in [2.45, 2.75) is 53.0 Å². The van der Waals surface area contributed by atoms with Crippen LogP contribution in [0.2, 0.25) is 0 Å². The van der Waals surface area contributed by atoms with Gasteiger partial charge in [0.2, 0.25) is 0 Å². The van der Waals surface area contributed by atoms with Crippen molar-refractivity contribution in [3.8, 4) is 11.1 Å². The average molecular weight is 438 g/mol. The number of likely N-dealkylation sites (tertiary alicyclic amines) is 1. The third-order valence-electron chi connectivity index (χ3n) is 7.31. The Bertz CT molecular complexity index is 1380. The van der Waals surface area contributed by atoms with Gasteiger partial charge in [-0.25, -0.2) is 4.98 Å². The Balaban J connectivity index is 1.59. The lowest BCUT2D eigenvalue weighted by Gasteiger charge is -2.34. The van der Waals surface area contributed by atoms with Crippen LogP contribution in [0, 0.1) is 27.7 Å². The van der Waals surface area contributed by atoms with Crippen molar-refractivity contribution in [2.24, 2.45) is 0 Å². The fourth-order valence-electron chi connectivity index (χ4n) is 5.15. The topological polar surface area (TPSA) is 49.0 Å². The molecule has 1 fully saturated rings. The molecule has 0 unspecified atom stereocenters. The first-order chi connectivity index (χ1) is 15.8. The van der Waals surface area contributed by atoms with E-state index in [9.17, 15) is 4.79 Å². The predicted octanol–water partition coefficient (Wildman–Crippen LogP) is 6.61. The van der Waals surface area contributed by atoms with E-state index in [-0.39, 0.29) is 5.91 Å². The molecule has 0 spiro atoms. The summed E-state index contributed by atoms with van der Waals surface area (Å²) in [5, 5.41) is 0. The van der Waals surface area contributed by atoms with Gasteiger partial charge in [0.1, 0.15) is 5.82 Å². The van der Waals surface area contributed by atoms with Crippen LogP contribution in [0.3, 0.4) is 0 Å². The maximum Gasteiger partial charge on any atom is 0.255 e. The molecular formula is C29H31N3O. The highest BCUT2D eigenvalue weighted by molar-refractivity contribution is 6.01. The zero-order valence-corrected chi connectivity index (χ0v) is 20.1. The molecule has 1 aliphatic rings. The first-order valence-electron chi connectivity index (χ1n) is 11.7. The number of carbonyl (C=O) groups is 1. The number of aryl methyl sites for hydroxylation is 4. The van der Waals surface area contributed by atoms with Crippen LogP contribution in [0.15, 0.2) is 54.6 Å². The van der Waals surface area contributed by atoms with Gasteiger partial charge in [0.05, 0.1) is 16.6 Å². The fourth-order valence-corrected chi connectivity index (χ4v) is 5.15. The molecule has 1 N–H and O–H groups in total. The fraction of sp³-hybridized carbons (Fsp3) is 0.310. The van der Waals surface area contributed by atoms with E-state index in [4.69, 9.17) is 4.98 Å². The summed E-state index contributed by atoms with van der Waals surface area (Å²) in [5.74, 6) is 0.949. The Labute approximate surface area is 195 Å². The molecule has 33 heavy (non-hydrogen) atoms. The number of H-pyrrole nitrogens is 1. The van der Waals surface area contributed by atoms with Gasteiger partial charge in [-0.3, -0.25) is 4.79 Å². The Morgan fingerprint density at radius 1 is 1.00 bits per heavy atom. The highest BCUT2D eigenvalue weighted by atomic mass is 16.2. The van der Waals surface area contributed by atoms with Crippen LogP contribution in [0.5, 0.6) is 0 Å². The van der Waals surface area contributed by atoms with Crippen molar-refractivity contribution >= 4 is 16.9 Å². The van der Waals surface area contributed by atoms with Gasteiger partial charge in [0, 0.05) is 12.1 Å². The van der Waals surface area contributed by atoms with Crippen LogP contribution in [-0.2, 0) is 5.54 Å². The van der Waals surface area contributed by atoms with E-state index >= 15 is 0 Å². The summed E-state index contributed by atoms with van der Waals surface area (Å²) in [6.45, 7) is 11.2. The summed E-state index contributed by atoms with van der Waals surface area (Å²) in [7, 11) is 0. The van der Waals surface area contributed by atoms with Crippen LogP contribution in [-0.4, -0.2) is 27.3 Å². The number of fused-ring (bicyclic) bond motifs is 1. The molecule has 0 bridgehead atoms. The highest BCUT2D eigenvalue weighted by Gasteiger charge is 2.44. The average Bonchev–Trinajstić information content (AvgIpc) is 3.41. The summed E-state index contributed by atoms with van der Waals surface area (Å²) < 4.78 is 0. The molecule has 0 radical (unpaired) electrons. The number of rotatable bonds is 3. The largest absolute Gasteiger partial charge is 0.340 e. The van der Waals surface area contributed by atoms with Gasteiger partial charge < -0.3 is 9.88 Å². The van der Waals surface area contributed by atoms with E-state index < -0.39 is 5.54 Å². The van der Waals surface area contributed by atoms with Crippen molar-refractivity contribution in [2.75, 3.05) is 6.54 Å². The van der Waals surface area contributed by atoms with Gasteiger partial charge in [-0.2, -0.15) is 0 Å². The van der Waals surface area contributed by atoms with Crippen LogP contribution >= 0.6 is 0 Å². The molecule has 5 rings (SSSR count). The number of aromatic amines is 1. The normalized spacial score (nSPS) is 18.3. The van der Waals surface area contributed by atoms with Crippen LogP contribution in [0.1, 0.15) is 58.2 Å². The minimum atomic E-state index is -0.468. The van der Waals surface area contributed by atoms with Gasteiger partial charge in [0.15, 0.2) is 0 Å². The molecule has 1 atom stereocenters. The summed E-state index contributed by atoms with van der Waals surface area (Å²) in [4.78, 5) is 24.7. The quantitative estimate of drug-likeness (QED) is 0.392. The van der Waals surface area contributed by atoms with Gasteiger partial charge in [-0.1, -0.05) is 53.6 Å². The third kappa shape index (κ3) is 3.54. The number of nitrogens with one attached hydrogen (secondary N) is 1. The molecule has 1 aliphatic heterocycles. The summed E-state index contributed by atoms with van der Waals surface area (Å²) in [5.41, 5.74) is 9.08. The number of amides is 1. The monoisotopic (exact) mass is 437 g/mol. The molecule has 168 valence electrons. The molecule has 0 saturated carbocycles. The van der Waals surface area contributed by atoms with E-state index in [1.807, 2.05) is 17.9 Å². The molecule has 1 aromatic heterocycles. The van der Waals surface area contributed by atoms with Crippen molar-refractivity contribution in [3.63, 3.8) is 0 Å².